The van der Waals surface area contributed by atoms with Gasteiger partial charge in [0.05, 0.1) is 12.2 Å². The molecule has 0 aromatic carbocycles. The van der Waals surface area contributed by atoms with Crippen molar-refractivity contribution in [2.45, 2.75) is 76.2 Å². The smallest absolute Gasteiger partial charge is 0.303 e. The number of unbranched alkanes of at least 4 members (excludes halogenated alkanes) is 1. The molecule has 1 saturated carbocycles. The summed E-state index contributed by atoms with van der Waals surface area (Å²) in [5.74, 6) is -0.911. The molecule has 2 aliphatic rings. The number of carbonyl (C=O) groups is 1. The second-order valence-corrected chi connectivity index (χ2v) is 7.35. The molecule has 7 nitrogen and oxygen atoms in total. The zero-order chi connectivity index (χ0) is 19.6. The highest BCUT2D eigenvalue weighted by atomic mass is 16.7. The van der Waals surface area contributed by atoms with E-state index in [1.54, 1.807) is 14.2 Å². The molecule has 156 valence electrons. The number of carboxylic acid groups (broad SMARTS) is 1. The first-order valence-electron chi connectivity index (χ1n) is 9.94. The van der Waals surface area contributed by atoms with E-state index >= 15 is 0 Å². The number of rotatable bonds is 11. The first kappa shape index (κ1) is 22.3. The van der Waals surface area contributed by atoms with E-state index in [1.807, 2.05) is 12.2 Å². The number of hydrogen-bond donors (Lipinski definition) is 2. The molecule has 1 aliphatic heterocycles. The molecule has 1 heterocycles. The molecule has 0 aromatic heterocycles. The van der Waals surface area contributed by atoms with Crippen LogP contribution in [0.15, 0.2) is 12.2 Å². The maximum atomic E-state index is 10.6. The van der Waals surface area contributed by atoms with Crippen LogP contribution in [0.1, 0.15) is 51.4 Å². The summed E-state index contributed by atoms with van der Waals surface area (Å²) < 4.78 is 22.9. The molecule has 1 aliphatic carbocycles. The van der Waals surface area contributed by atoms with Crippen molar-refractivity contribution in [1.82, 2.24) is 0 Å². The number of ether oxygens (including phenoxy) is 4. The number of methoxy groups -OCH3 is 2. The highest BCUT2D eigenvalue weighted by Crippen LogP contribution is 2.41. The number of aliphatic hydroxyl groups excluding tert-OH is 1. The summed E-state index contributed by atoms with van der Waals surface area (Å²) in [5.41, 5.74) is 0. The van der Waals surface area contributed by atoms with Gasteiger partial charge in [-0.2, -0.15) is 0 Å². The number of carboxylic acids is 1. The summed E-state index contributed by atoms with van der Waals surface area (Å²) in [5, 5.41) is 19.3. The summed E-state index contributed by atoms with van der Waals surface area (Å²) in [7, 11) is 3.21. The quantitative estimate of drug-likeness (QED) is 0.320. The van der Waals surface area contributed by atoms with Crippen LogP contribution in [0, 0.1) is 11.8 Å². The van der Waals surface area contributed by atoms with Gasteiger partial charge < -0.3 is 29.2 Å². The van der Waals surface area contributed by atoms with Gasteiger partial charge in [-0.15, -0.1) is 0 Å². The fourth-order valence-electron chi connectivity index (χ4n) is 4.11. The van der Waals surface area contributed by atoms with E-state index in [2.05, 4.69) is 0 Å². The molecule has 5 atom stereocenters. The first-order chi connectivity index (χ1) is 13.1. The van der Waals surface area contributed by atoms with Gasteiger partial charge in [-0.05, 0) is 44.4 Å². The molecule has 0 amide bonds. The zero-order valence-corrected chi connectivity index (χ0v) is 16.4. The van der Waals surface area contributed by atoms with Crippen LogP contribution >= 0.6 is 0 Å². The van der Waals surface area contributed by atoms with Crippen molar-refractivity contribution >= 4 is 5.97 Å². The number of aliphatic carboxylic acids is 1. The molecule has 7 heteroatoms. The third-order valence-corrected chi connectivity index (χ3v) is 5.47. The van der Waals surface area contributed by atoms with Crippen LogP contribution in [0.25, 0.3) is 0 Å². The van der Waals surface area contributed by atoms with Gasteiger partial charge in [0.15, 0.2) is 12.6 Å². The van der Waals surface area contributed by atoms with E-state index in [0.717, 1.165) is 19.3 Å². The van der Waals surface area contributed by atoms with Gasteiger partial charge in [0, 0.05) is 39.6 Å². The highest BCUT2D eigenvalue weighted by Gasteiger charge is 2.48. The zero-order valence-electron chi connectivity index (χ0n) is 16.4. The summed E-state index contributed by atoms with van der Waals surface area (Å²) >= 11 is 0. The molecule has 0 aromatic rings. The second-order valence-electron chi connectivity index (χ2n) is 7.35. The Morgan fingerprint density at radius 2 is 2.04 bits per heavy atom. The van der Waals surface area contributed by atoms with E-state index < -0.39 is 18.4 Å². The molecular formula is C20H34O7. The van der Waals surface area contributed by atoms with Gasteiger partial charge in [-0.25, -0.2) is 0 Å². The summed E-state index contributed by atoms with van der Waals surface area (Å²) in [6.07, 6.45) is 8.38. The van der Waals surface area contributed by atoms with E-state index in [1.165, 1.54) is 0 Å². The summed E-state index contributed by atoms with van der Waals surface area (Å²) in [6, 6.07) is 0. The monoisotopic (exact) mass is 386 g/mol. The lowest BCUT2D eigenvalue weighted by Crippen LogP contribution is -2.39. The van der Waals surface area contributed by atoms with Crippen LogP contribution in [0.3, 0.4) is 0 Å². The largest absolute Gasteiger partial charge is 0.481 e. The molecule has 0 spiro atoms. The van der Waals surface area contributed by atoms with Gasteiger partial charge in [0.2, 0.25) is 0 Å². The van der Waals surface area contributed by atoms with Crippen LogP contribution < -0.4 is 0 Å². The fourth-order valence-corrected chi connectivity index (χ4v) is 4.11. The minimum absolute atomic E-state index is 0.0424. The average Bonchev–Trinajstić information content (AvgIpc) is 2.95. The molecule has 0 radical (unpaired) electrons. The second kappa shape index (κ2) is 11.8. The Bertz CT molecular complexity index is 457. The summed E-state index contributed by atoms with van der Waals surface area (Å²) in [4.78, 5) is 10.6. The van der Waals surface area contributed by atoms with E-state index in [0.29, 0.717) is 32.3 Å². The lowest BCUT2D eigenvalue weighted by Gasteiger charge is -2.33. The van der Waals surface area contributed by atoms with Gasteiger partial charge in [-0.1, -0.05) is 12.2 Å². The molecule has 2 rings (SSSR count). The van der Waals surface area contributed by atoms with Crippen molar-refractivity contribution < 1.29 is 34.0 Å². The topological polar surface area (TPSA) is 94.5 Å². The maximum absolute atomic E-state index is 10.6. The third kappa shape index (κ3) is 6.84. The molecule has 27 heavy (non-hydrogen) atoms. The fraction of sp³-hybridized carbons (Fsp3) is 0.850. The minimum Gasteiger partial charge on any atom is -0.481 e. The lowest BCUT2D eigenvalue weighted by molar-refractivity contribution is -0.227. The molecular weight excluding hydrogens is 352 g/mol. The Hall–Kier alpha value is -0.990. The molecule has 1 unspecified atom stereocenters. The van der Waals surface area contributed by atoms with Gasteiger partial charge in [0.1, 0.15) is 0 Å². The predicted molar refractivity (Wildman–Crippen MR) is 99.1 cm³/mol. The number of aliphatic hydroxyl groups is 1. The normalized spacial score (nSPS) is 31.8. The molecule has 2 fully saturated rings. The van der Waals surface area contributed by atoms with E-state index in [4.69, 9.17) is 24.1 Å². The van der Waals surface area contributed by atoms with Crippen molar-refractivity contribution in [3.8, 4) is 0 Å². The van der Waals surface area contributed by atoms with E-state index in [-0.39, 0.29) is 30.7 Å². The number of allylic oxidation sites excluding steroid dienone is 2. The van der Waals surface area contributed by atoms with Crippen molar-refractivity contribution in [1.29, 1.82) is 0 Å². The maximum Gasteiger partial charge on any atom is 0.303 e. The van der Waals surface area contributed by atoms with Crippen molar-refractivity contribution in [3.63, 3.8) is 0 Å². The van der Waals surface area contributed by atoms with Crippen LogP contribution in [-0.4, -0.2) is 61.8 Å². The lowest BCUT2D eigenvalue weighted by atomic mass is 9.89. The van der Waals surface area contributed by atoms with Crippen molar-refractivity contribution in [3.05, 3.63) is 12.2 Å². The molecule has 1 saturated heterocycles. The Labute approximate surface area is 161 Å². The van der Waals surface area contributed by atoms with Crippen LogP contribution in [0.2, 0.25) is 0 Å². The SMILES string of the molecule is COC(OC)[C@@H]1[C@@H](CC=CCCCC(=O)O)[C@@H](O)C[C@H]1OC1CCCCO1. The van der Waals surface area contributed by atoms with Crippen LogP contribution in [0.4, 0.5) is 0 Å². The van der Waals surface area contributed by atoms with Gasteiger partial charge in [-0.3, -0.25) is 4.79 Å². The van der Waals surface area contributed by atoms with Gasteiger partial charge in [0.25, 0.3) is 0 Å². The Morgan fingerprint density at radius 1 is 1.26 bits per heavy atom. The Kier molecular flexibility index (Phi) is 9.72. The van der Waals surface area contributed by atoms with Gasteiger partial charge >= 0.3 is 5.97 Å². The van der Waals surface area contributed by atoms with Crippen molar-refractivity contribution in [2.24, 2.45) is 11.8 Å². The summed E-state index contributed by atoms with van der Waals surface area (Å²) in [6.45, 7) is 0.713. The van der Waals surface area contributed by atoms with Crippen molar-refractivity contribution in [2.75, 3.05) is 20.8 Å². The Morgan fingerprint density at radius 3 is 2.67 bits per heavy atom. The van der Waals surface area contributed by atoms with E-state index in [9.17, 15) is 9.90 Å². The minimum atomic E-state index is -0.775. The predicted octanol–water partition coefficient (Wildman–Crippen LogP) is 2.72. The Balaban J connectivity index is 1.95. The number of hydrogen-bond acceptors (Lipinski definition) is 6. The molecule has 2 N–H and O–H groups in total. The standard InChI is InChI=1S/C20H34O7/c1-24-20(25-2)19-14(9-5-3-4-6-10-17(22)23)15(21)13-16(19)27-18-11-7-8-12-26-18/h3,5,14-16,18-21H,4,6-13H2,1-2H3,(H,22,23)/t14-,15-,16+,18?,19+/m0/s1. The van der Waals surface area contributed by atoms with Crippen LogP contribution in [0.5, 0.6) is 0 Å². The highest BCUT2D eigenvalue weighted by molar-refractivity contribution is 5.66. The first-order valence-corrected chi connectivity index (χ1v) is 9.94. The average molecular weight is 386 g/mol. The molecule has 0 bridgehead atoms. The van der Waals surface area contributed by atoms with Crippen LogP contribution in [-0.2, 0) is 23.7 Å². The third-order valence-electron chi connectivity index (χ3n) is 5.47.